The highest BCUT2D eigenvalue weighted by atomic mass is 16.4. The lowest BCUT2D eigenvalue weighted by Crippen LogP contribution is -2.08. The van der Waals surface area contributed by atoms with Crippen LogP contribution in [-0.4, -0.2) is 24.9 Å². The van der Waals surface area contributed by atoms with Crippen molar-refractivity contribution in [1.82, 2.24) is 4.98 Å². The Morgan fingerprint density at radius 3 is 2.54 bits per heavy atom. The van der Waals surface area contributed by atoms with E-state index < -0.39 is 0 Å². The minimum atomic E-state index is 0.0876. The van der Waals surface area contributed by atoms with Crippen LogP contribution in [0.3, 0.4) is 0 Å². The van der Waals surface area contributed by atoms with Gasteiger partial charge in [0, 0.05) is 14.1 Å². The van der Waals surface area contributed by atoms with Crippen LogP contribution >= 0.6 is 0 Å². The van der Waals surface area contributed by atoms with E-state index in [9.17, 15) is 4.79 Å². The Balaban J connectivity index is 2.89. The van der Waals surface area contributed by atoms with E-state index in [0.29, 0.717) is 18.2 Å². The fourth-order valence-electron chi connectivity index (χ4n) is 0.994. The number of aryl methyl sites for hydroxylation is 1. The van der Waals surface area contributed by atoms with Gasteiger partial charge >= 0.3 is 0 Å². The maximum Gasteiger partial charge on any atom is 0.297 e. The summed E-state index contributed by atoms with van der Waals surface area (Å²) in [6.07, 6.45) is 0.326. The predicted molar refractivity (Wildman–Crippen MR) is 50.0 cm³/mol. The van der Waals surface area contributed by atoms with Crippen molar-refractivity contribution in [2.75, 3.05) is 19.0 Å². The molecule has 0 radical (unpaired) electrons. The summed E-state index contributed by atoms with van der Waals surface area (Å²) >= 11 is 0. The molecule has 72 valence electrons. The highest BCUT2D eigenvalue weighted by Crippen LogP contribution is 2.16. The molecule has 0 fully saturated rings. The maximum absolute atomic E-state index is 10.8. The van der Waals surface area contributed by atoms with Crippen molar-refractivity contribution < 1.29 is 9.21 Å². The molecule has 0 amide bonds. The second-order valence-electron chi connectivity index (χ2n) is 3.28. The molecule has 1 heterocycles. The summed E-state index contributed by atoms with van der Waals surface area (Å²) < 4.78 is 5.38. The summed E-state index contributed by atoms with van der Waals surface area (Å²) in [5.74, 6) is 0.751. The molecule has 4 heteroatoms. The quantitative estimate of drug-likeness (QED) is 0.704. The van der Waals surface area contributed by atoms with Gasteiger partial charge in [0.15, 0.2) is 0 Å². The van der Waals surface area contributed by atoms with E-state index in [0.717, 1.165) is 5.69 Å². The first-order valence-corrected chi connectivity index (χ1v) is 4.13. The fraction of sp³-hybridized carbons (Fsp3) is 0.556. The molecule has 0 spiro atoms. The van der Waals surface area contributed by atoms with Crippen molar-refractivity contribution in [3.63, 3.8) is 0 Å². The van der Waals surface area contributed by atoms with E-state index in [2.05, 4.69) is 4.98 Å². The topological polar surface area (TPSA) is 46.3 Å². The Kier molecular flexibility index (Phi) is 2.70. The lowest BCUT2D eigenvalue weighted by Gasteiger charge is -2.03. The first-order valence-electron chi connectivity index (χ1n) is 4.13. The smallest absolute Gasteiger partial charge is 0.297 e. The SMILES string of the molecule is CC(=O)Cc1oc(N(C)C)nc1C. The van der Waals surface area contributed by atoms with E-state index in [1.807, 2.05) is 21.0 Å². The van der Waals surface area contributed by atoms with Crippen molar-refractivity contribution in [3.05, 3.63) is 11.5 Å². The molecule has 0 saturated heterocycles. The van der Waals surface area contributed by atoms with Crippen LogP contribution in [0.1, 0.15) is 18.4 Å². The zero-order valence-corrected chi connectivity index (χ0v) is 8.42. The third kappa shape index (κ3) is 2.31. The number of ketones is 1. The van der Waals surface area contributed by atoms with Crippen LogP contribution < -0.4 is 4.90 Å². The maximum atomic E-state index is 10.8. The third-order valence-corrected chi connectivity index (χ3v) is 1.67. The second kappa shape index (κ2) is 3.60. The summed E-state index contributed by atoms with van der Waals surface area (Å²) in [4.78, 5) is 16.8. The van der Waals surface area contributed by atoms with Crippen LogP contribution in [0.4, 0.5) is 6.01 Å². The van der Waals surface area contributed by atoms with Crippen molar-refractivity contribution in [1.29, 1.82) is 0 Å². The summed E-state index contributed by atoms with van der Waals surface area (Å²) in [6, 6.07) is 0.550. The summed E-state index contributed by atoms with van der Waals surface area (Å²) in [5.41, 5.74) is 0.791. The van der Waals surface area contributed by atoms with Gasteiger partial charge in [-0.3, -0.25) is 4.79 Å². The lowest BCUT2D eigenvalue weighted by molar-refractivity contribution is -0.116. The first kappa shape index (κ1) is 9.77. The number of carbonyl (C=O) groups excluding carboxylic acids is 1. The van der Waals surface area contributed by atoms with Gasteiger partial charge in [0.25, 0.3) is 6.01 Å². The molecule has 0 aliphatic heterocycles. The van der Waals surface area contributed by atoms with Crippen molar-refractivity contribution in [2.45, 2.75) is 20.3 Å². The largest absolute Gasteiger partial charge is 0.428 e. The number of carbonyl (C=O) groups is 1. The van der Waals surface area contributed by atoms with Crippen LogP contribution in [0.15, 0.2) is 4.42 Å². The molecule has 0 aromatic carbocycles. The van der Waals surface area contributed by atoms with Gasteiger partial charge < -0.3 is 9.32 Å². The van der Waals surface area contributed by atoms with Gasteiger partial charge in [-0.25, -0.2) is 0 Å². The number of anilines is 1. The van der Waals surface area contributed by atoms with Crippen molar-refractivity contribution in [2.24, 2.45) is 0 Å². The number of nitrogens with zero attached hydrogens (tertiary/aromatic N) is 2. The molecule has 0 aliphatic carbocycles. The van der Waals surface area contributed by atoms with E-state index in [4.69, 9.17) is 4.42 Å². The number of hydrogen-bond acceptors (Lipinski definition) is 4. The lowest BCUT2D eigenvalue weighted by atomic mass is 10.2. The molecular weight excluding hydrogens is 168 g/mol. The minimum Gasteiger partial charge on any atom is -0.428 e. The minimum absolute atomic E-state index is 0.0876. The molecule has 1 aromatic rings. The van der Waals surface area contributed by atoms with Crippen LogP contribution in [0.5, 0.6) is 0 Å². The molecular formula is C9H14N2O2. The Morgan fingerprint density at radius 1 is 1.54 bits per heavy atom. The zero-order chi connectivity index (χ0) is 10.0. The Labute approximate surface area is 77.6 Å². The predicted octanol–water partition coefficient (Wildman–Crippen LogP) is 1.18. The molecule has 0 unspecified atom stereocenters. The number of oxazole rings is 1. The van der Waals surface area contributed by atoms with E-state index in [1.165, 1.54) is 6.92 Å². The molecule has 0 aliphatic rings. The average Bonchev–Trinajstić information content (AvgIpc) is 2.31. The van der Waals surface area contributed by atoms with Crippen LogP contribution in [-0.2, 0) is 11.2 Å². The van der Waals surface area contributed by atoms with Crippen LogP contribution in [0.2, 0.25) is 0 Å². The summed E-state index contributed by atoms with van der Waals surface area (Å²) in [5, 5.41) is 0. The van der Waals surface area contributed by atoms with Gasteiger partial charge in [-0.1, -0.05) is 0 Å². The highest BCUT2D eigenvalue weighted by molar-refractivity contribution is 5.77. The number of rotatable bonds is 3. The van der Waals surface area contributed by atoms with E-state index in [1.54, 1.807) is 4.90 Å². The van der Waals surface area contributed by atoms with Crippen molar-refractivity contribution in [3.8, 4) is 0 Å². The average molecular weight is 182 g/mol. The molecule has 4 nitrogen and oxygen atoms in total. The van der Waals surface area contributed by atoms with E-state index >= 15 is 0 Å². The molecule has 1 aromatic heterocycles. The van der Waals surface area contributed by atoms with Crippen molar-refractivity contribution >= 4 is 11.8 Å². The zero-order valence-electron chi connectivity index (χ0n) is 8.42. The van der Waals surface area contributed by atoms with Gasteiger partial charge in [-0.15, -0.1) is 0 Å². The van der Waals surface area contributed by atoms with Crippen LogP contribution in [0, 0.1) is 6.92 Å². The standard InChI is InChI=1S/C9H14N2O2/c1-6(12)5-8-7(2)10-9(13-8)11(3)4/h5H2,1-4H3. The number of aromatic nitrogens is 1. The monoisotopic (exact) mass is 182 g/mol. The number of Topliss-reactive ketones (excluding diaryl/α,β-unsaturated/α-hetero) is 1. The number of hydrogen-bond donors (Lipinski definition) is 0. The normalized spacial score (nSPS) is 10.2. The van der Waals surface area contributed by atoms with Crippen LogP contribution in [0.25, 0.3) is 0 Å². The van der Waals surface area contributed by atoms with E-state index in [-0.39, 0.29) is 5.78 Å². The third-order valence-electron chi connectivity index (χ3n) is 1.67. The molecule has 0 bridgehead atoms. The molecule has 0 N–H and O–H groups in total. The van der Waals surface area contributed by atoms with Gasteiger partial charge in [-0.05, 0) is 13.8 Å². The summed E-state index contributed by atoms with van der Waals surface area (Å²) in [7, 11) is 3.70. The molecule has 13 heavy (non-hydrogen) atoms. The van der Waals surface area contributed by atoms with Gasteiger partial charge in [-0.2, -0.15) is 4.98 Å². The molecule has 0 saturated carbocycles. The Morgan fingerprint density at radius 2 is 2.15 bits per heavy atom. The van der Waals surface area contributed by atoms with Gasteiger partial charge in [0.05, 0.1) is 12.1 Å². The Bertz CT molecular complexity index is 315. The fourth-order valence-corrected chi connectivity index (χ4v) is 0.994. The molecule has 0 atom stereocenters. The first-order chi connectivity index (χ1) is 6.00. The van der Waals surface area contributed by atoms with Gasteiger partial charge in [0.2, 0.25) is 0 Å². The van der Waals surface area contributed by atoms with Gasteiger partial charge in [0.1, 0.15) is 11.5 Å². The second-order valence-corrected chi connectivity index (χ2v) is 3.28. The Hall–Kier alpha value is -1.32. The molecule has 1 rings (SSSR count). The summed E-state index contributed by atoms with van der Waals surface area (Å²) in [6.45, 7) is 3.38. The highest BCUT2D eigenvalue weighted by Gasteiger charge is 2.11.